The first-order valence-electron chi connectivity index (χ1n) is 10.0. The Morgan fingerprint density at radius 2 is 1.77 bits per heavy atom. The van der Waals surface area contributed by atoms with E-state index in [1.54, 1.807) is 39.0 Å². The van der Waals surface area contributed by atoms with Gasteiger partial charge >= 0.3 is 17.8 Å². The van der Waals surface area contributed by atoms with Crippen LogP contribution in [0.25, 0.3) is 0 Å². The quantitative estimate of drug-likeness (QED) is 0.435. The molecule has 2 aromatic carbocycles. The summed E-state index contributed by atoms with van der Waals surface area (Å²) in [5, 5.41) is 0.405. The van der Waals surface area contributed by atoms with Crippen LogP contribution in [0.15, 0.2) is 48.5 Å². The minimum atomic E-state index is -0.920. The van der Waals surface area contributed by atoms with Crippen LogP contribution in [0.2, 0.25) is 5.02 Å². The molecule has 1 atom stereocenters. The van der Waals surface area contributed by atoms with Gasteiger partial charge in [0.05, 0.1) is 11.4 Å². The summed E-state index contributed by atoms with van der Waals surface area (Å²) in [5.41, 5.74) is 6.84. The molecule has 0 aliphatic carbocycles. The molecule has 1 saturated heterocycles. The summed E-state index contributed by atoms with van der Waals surface area (Å²) < 4.78 is 5.56. The number of hydrogen-bond acceptors (Lipinski definition) is 5. The van der Waals surface area contributed by atoms with E-state index in [0.29, 0.717) is 16.4 Å². The van der Waals surface area contributed by atoms with Gasteiger partial charge in [0, 0.05) is 24.5 Å². The predicted molar refractivity (Wildman–Crippen MR) is 120 cm³/mol. The van der Waals surface area contributed by atoms with Crippen LogP contribution in [-0.4, -0.2) is 47.4 Å². The molecule has 3 rings (SSSR count). The Labute approximate surface area is 186 Å². The van der Waals surface area contributed by atoms with Gasteiger partial charge in [-0.05, 0) is 44.5 Å². The maximum absolute atomic E-state index is 13.1. The highest BCUT2D eigenvalue weighted by atomic mass is 35.5. The highest BCUT2D eigenvalue weighted by Gasteiger charge is 2.41. The van der Waals surface area contributed by atoms with Crippen LogP contribution in [0.4, 0.5) is 11.4 Å². The molecule has 1 fully saturated rings. The molecule has 1 unspecified atom stereocenters. The molecule has 0 spiro atoms. The number of benzene rings is 2. The van der Waals surface area contributed by atoms with Gasteiger partial charge in [-0.2, -0.15) is 0 Å². The lowest BCUT2D eigenvalue weighted by Crippen LogP contribution is -2.60. The SMILES string of the molecule is CC(C)(C)OC(=O)C(Cc1ccccc1)N1CCN(c2cc(Cl)ccc2N)C(=O)C1=O. The van der Waals surface area contributed by atoms with Gasteiger partial charge in [-0.25, -0.2) is 4.79 Å². The monoisotopic (exact) mass is 443 g/mol. The number of rotatable bonds is 5. The number of nitrogens with two attached hydrogens (primary N) is 1. The van der Waals surface area contributed by atoms with Crippen molar-refractivity contribution in [3.05, 3.63) is 59.1 Å². The summed E-state index contributed by atoms with van der Waals surface area (Å²) in [6.45, 7) is 5.63. The zero-order chi connectivity index (χ0) is 22.8. The number of nitrogens with zero attached hydrogens (tertiary/aromatic N) is 2. The first kappa shape index (κ1) is 22.6. The van der Waals surface area contributed by atoms with Crippen LogP contribution in [-0.2, 0) is 25.5 Å². The largest absolute Gasteiger partial charge is 0.458 e. The number of halogens is 1. The molecule has 0 bridgehead atoms. The Morgan fingerprint density at radius 3 is 2.42 bits per heavy atom. The van der Waals surface area contributed by atoms with Gasteiger partial charge < -0.3 is 20.3 Å². The lowest BCUT2D eigenvalue weighted by Gasteiger charge is -2.38. The van der Waals surface area contributed by atoms with Crippen molar-refractivity contribution in [3.8, 4) is 0 Å². The van der Waals surface area contributed by atoms with E-state index in [2.05, 4.69) is 0 Å². The highest BCUT2D eigenvalue weighted by Crippen LogP contribution is 2.29. The zero-order valence-electron chi connectivity index (χ0n) is 17.8. The lowest BCUT2D eigenvalue weighted by molar-refractivity contribution is -0.166. The zero-order valence-corrected chi connectivity index (χ0v) is 18.6. The van der Waals surface area contributed by atoms with Crippen molar-refractivity contribution >= 4 is 40.8 Å². The molecule has 8 heteroatoms. The van der Waals surface area contributed by atoms with Crippen LogP contribution >= 0.6 is 11.6 Å². The average Bonchev–Trinajstić information content (AvgIpc) is 2.70. The summed E-state index contributed by atoms with van der Waals surface area (Å²) in [5.74, 6) is -2.09. The van der Waals surface area contributed by atoms with E-state index >= 15 is 0 Å². The number of nitrogen functional groups attached to an aromatic ring is 1. The van der Waals surface area contributed by atoms with Gasteiger partial charge in [0.2, 0.25) is 0 Å². The summed E-state index contributed by atoms with van der Waals surface area (Å²) in [6.07, 6.45) is 0.244. The second-order valence-electron chi connectivity index (χ2n) is 8.40. The van der Waals surface area contributed by atoms with Crippen molar-refractivity contribution in [1.82, 2.24) is 4.90 Å². The third-order valence-corrected chi connectivity index (χ3v) is 5.10. The highest BCUT2D eigenvalue weighted by molar-refractivity contribution is 6.41. The Hall–Kier alpha value is -3.06. The Balaban J connectivity index is 1.88. The number of hydrogen-bond donors (Lipinski definition) is 1. The van der Waals surface area contributed by atoms with E-state index in [4.69, 9.17) is 22.1 Å². The standard InChI is InChI=1S/C23H26ClN3O4/c1-23(2,3)31-22(30)19(13-15-7-5-4-6-8-15)27-12-11-26(20(28)21(27)29)18-14-16(24)9-10-17(18)25/h4-10,14,19H,11-13,25H2,1-3H3. The Morgan fingerprint density at radius 1 is 1.10 bits per heavy atom. The van der Waals surface area contributed by atoms with Gasteiger partial charge in [-0.1, -0.05) is 41.9 Å². The molecule has 2 aromatic rings. The van der Waals surface area contributed by atoms with Crippen LogP contribution in [0, 0.1) is 0 Å². The number of piperazine rings is 1. The van der Waals surface area contributed by atoms with Crippen LogP contribution < -0.4 is 10.6 Å². The van der Waals surface area contributed by atoms with Gasteiger partial charge in [0.15, 0.2) is 0 Å². The minimum absolute atomic E-state index is 0.160. The Kier molecular flexibility index (Phi) is 6.55. The number of amides is 2. The predicted octanol–water partition coefficient (Wildman–Crippen LogP) is 3.05. The van der Waals surface area contributed by atoms with E-state index in [1.165, 1.54) is 9.80 Å². The fourth-order valence-electron chi connectivity index (χ4n) is 3.45. The molecule has 164 valence electrons. The normalized spacial score (nSPS) is 15.7. The third kappa shape index (κ3) is 5.35. The second-order valence-corrected chi connectivity index (χ2v) is 8.83. The van der Waals surface area contributed by atoms with Crippen LogP contribution in [0.5, 0.6) is 0 Å². The molecule has 31 heavy (non-hydrogen) atoms. The summed E-state index contributed by atoms with van der Waals surface area (Å²) >= 11 is 6.04. The maximum Gasteiger partial charge on any atom is 0.329 e. The van der Waals surface area contributed by atoms with E-state index in [9.17, 15) is 14.4 Å². The molecule has 2 N–H and O–H groups in total. The molecule has 2 amide bonds. The maximum atomic E-state index is 13.1. The van der Waals surface area contributed by atoms with Crippen molar-refractivity contribution in [2.45, 2.75) is 38.8 Å². The van der Waals surface area contributed by atoms with Gasteiger partial charge in [0.1, 0.15) is 11.6 Å². The van der Waals surface area contributed by atoms with Gasteiger partial charge in [-0.3, -0.25) is 9.59 Å². The van der Waals surface area contributed by atoms with Crippen molar-refractivity contribution in [1.29, 1.82) is 0 Å². The fraction of sp³-hybridized carbons (Fsp3) is 0.348. The van der Waals surface area contributed by atoms with Gasteiger partial charge in [-0.15, -0.1) is 0 Å². The molecular formula is C23H26ClN3O4. The number of esters is 1. The fourth-order valence-corrected chi connectivity index (χ4v) is 3.62. The molecule has 0 aromatic heterocycles. The van der Waals surface area contributed by atoms with E-state index in [1.807, 2.05) is 30.3 Å². The summed E-state index contributed by atoms with van der Waals surface area (Å²) in [6, 6.07) is 13.1. The average molecular weight is 444 g/mol. The van der Waals surface area contributed by atoms with Crippen molar-refractivity contribution in [2.75, 3.05) is 23.7 Å². The van der Waals surface area contributed by atoms with E-state index in [-0.39, 0.29) is 19.5 Å². The van der Waals surface area contributed by atoms with Crippen LogP contribution in [0.3, 0.4) is 0 Å². The number of carbonyl (C=O) groups excluding carboxylic acids is 3. The molecule has 1 aliphatic heterocycles. The van der Waals surface area contributed by atoms with E-state index in [0.717, 1.165) is 5.56 Å². The Bertz CT molecular complexity index is 988. The first-order chi connectivity index (χ1) is 14.6. The summed E-state index contributed by atoms with van der Waals surface area (Å²) in [4.78, 5) is 41.6. The van der Waals surface area contributed by atoms with Crippen molar-refractivity contribution < 1.29 is 19.1 Å². The number of ether oxygens (including phenoxy) is 1. The van der Waals surface area contributed by atoms with E-state index < -0.39 is 29.4 Å². The van der Waals surface area contributed by atoms with Gasteiger partial charge in [0.25, 0.3) is 0 Å². The smallest absolute Gasteiger partial charge is 0.329 e. The molecule has 0 radical (unpaired) electrons. The molecular weight excluding hydrogens is 418 g/mol. The number of anilines is 2. The molecule has 1 aliphatic rings. The summed E-state index contributed by atoms with van der Waals surface area (Å²) in [7, 11) is 0. The molecule has 0 saturated carbocycles. The lowest BCUT2D eigenvalue weighted by atomic mass is 10.0. The van der Waals surface area contributed by atoms with Crippen molar-refractivity contribution in [3.63, 3.8) is 0 Å². The topological polar surface area (TPSA) is 92.9 Å². The second kappa shape index (κ2) is 8.98. The third-order valence-electron chi connectivity index (χ3n) is 4.86. The van der Waals surface area contributed by atoms with Crippen molar-refractivity contribution in [2.24, 2.45) is 0 Å². The van der Waals surface area contributed by atoms with Crippen LogP contribution in [0.1, 0.15) is 26.3 Å². The minimum Gasteiger partial charge on any atom is -0.458 e. The molecule has 7 nitrogen and oxygen atoms in total. The molecule has 1 heterocycles. The number of carbonyl (C=O) groups is 3. The first-order valence-corrected chi connectivity index (χ1v) is 10.4.